The third-order valence-corrected chi connectivity index (χ3v) is 5.48. The van der Waals surface area contributed by atoms with Crippen molar-refractivity contribution >= 4 is 28.2 Å². The molecule has 2 aromatic rings. The van der Waals surface area contributed by atoms with E-state index in [1.807, 2.05) is 29.6 Å². The maximum absolute atomic E-state index is 12.6. The average Bonchev–Trinajstić information content (AvgIpc) is 3.11. The predicted octanol–water partition coefficient (Wildman–Crippen LogP) is 3.61. The lowest BCUT2D eigenvalue weighted by atomic mass is 10.0. The Labute approximate surface area is 158 Å². The quantitative estimate of drug-likeness (QED) is 0.752. The largest absolute Gasteiger partial charge is 0.349 e. The summed E-state index contributed by atoms with van der Waals surface area (Å²) in [7, 11) is 0. The molecular weight excluding hydrogens is 346 g/mol. The number of amides is 2. The van der Waals surface area contributed by atoms with E-state index in [1.165, 1.54) is 16.9 Å². The number of hydrogen-bond acceptors (Lipinski definition) is 4. The summed E-state index contributed by atoms with van der Waals surface area (Å²) in [4.78, 5) is 25.1. The van der Waals surface area contributed by atoms with Crippen molar-refractivity contribution in [2.75, 3.05) is 18.4 Å². The van der Waals surface area contributed by atoms with Gasteiger partial charge in [-0.15, -0.1) is 11.3 Å². The summed E-state index contributed by atoms with van der Waals surface area (Å²) in [5.74, 6) is 0.108. The van der Waals surface area contributed by atoms with Crippen molar-refractivity contribution < 1.29 is 9.59 Å². The first-order valence-electron chi connectivity index (χ1n) is 9.05. The third-order valence-electron chi connectivity index (χ3n) is 4.65. The van der Waals surface area contributed by atoms with Gasteiger partial charge in [-0.05, 0) is 61.0 Å². The van der Waals surface area contributed by atoms with Crippen LogP contribution < -0.4 is 16.0 Å². The predicted molar refractivity (Wildman–Crippen MR) is 106 cm³/mol. The van der Waals surface area contributed by atoms with Crippen LogP contribution in [0.4, 0.5) is 5.00 Å². The topological polar surface area (TPSA) is 70.2 Å². The molecular formula is C20H25N3O2S. The van der Waals surface area contributed by atoms with Crippen molar-refractivity contribution in [2.24, 2.45) is 0 Å². The van der Waals surface area contributed by atoms with E-state index >= 15 is 0 Å². The number of thiophene rings is 1. The number of benzene rings is 1. The molecule has 0 saturated carbocycles. The van der Waals surface area contributed by atoms with Gasteiger partial charge in [0.25, 0.3) is 11.8 Å². The van der Waals surface area contributed by atoms with Gasteiger partial charge in [-0.2, -0.15) is 0 Å². The zero-order valence-electron chi connectivity index (χ0n) is 15.2. The fraction of sp³-hybridized carbons (Fsp3) is 0.400. The molecule has 1 fully saturated rings. The molecule has 3 N–H and O–H groups in total. The van der Waals surface area contributed by atoms with Crippen LogP contribution in [0.5, 0.6) is 0 Å². The van der Waals surface area contributed by atoms with E-state index in [-0.39, 0.29) is 17.9 Å². The molecule has 1 aliphatic rings. The van der Waals surface area contributed by atoms with E-state index < -0.39 is 0 Å². The highest BCUT2D eigenvalue weighted by Crippen LogP contribution is 2.24. The number of carbonyl (C=O) groups is 2. The lowest BCUT2D eigenvalue weighted by molar-refractivity contribution is 0.0931. The Morgan fingerprint density at radius 2 is 1.77 bits per heavy atom. The van der Waals surface area contributed by atoms with Gasteiger partial charge >= 0.3 is 0 Å². The summed E-state index contributed by atoms with van der Waals surface area (Å²) < 4.78 is 0. The summed E-state index contributed by atoms with van der Waals surface area (Å²) in [5.41, 5.74) is 2.31. The number of piperidine rings is 1. The molecule has 1 aliphatic heterocycles. The Balaban J connectivity index is 1.65. The fourth-order valence-electron chi connectivity index (χ4n) is 3.01. The van der Waals surface area contributed by atoms with Crippen LogP contribution in [0.2, 0.25) is 0 Å². The van der Waals surface area contributed by atoms with Crippen LogP contribution in [0, 0.1) is 0 Å². The van der Waals surface area contributed by atoms with Crippen LogP contribution >= 0.6 is 11.3 Å². The fourth-order valence-corrected chi connectivity index (χ4v) is 3.79. The van der Waals surface area contributed by atoms with Crippen molar-refractivity contribution in [1.29, 1.82) is 0 Å². The number of carbonyl (C=O) groups excluding carboxylic acids is 2. The molecule has 138 valence electrons. The first-order chi connectivity index (χ1) is 12.5. The van der Waals surface area contributed by atoms with Gasteiger partial charge < -0.3 is 16.0 Å². The van der Waals surface area contributed by atoms with E-state index in [2.05, 4.69) is 29.8 Å². The highest BCUT2D eigenvalue weighted by atomic mass is 32.1. The van der Waals surface area contributed by atoms with Crippen molar-refractivity contribution in [3.8, 4) is 0 Å². The minimum absolute atomic E-state index is 0.122. The summed E-state index contributed by atoms with van der Waals surface area (Å²) in [6.07, 6.45) is 1.86. The molecule has 2 heterocycles. The van der Waals surface area contributed by atoms with Crippen LogP contribution in [-0.2, 0) is 0 Å². The number of nitrogens with one attached hydrogen (secondary N) is 3. The first kappa shape index (κ1) is 18.6. The molecule has 0 aliphatic carbocycles. The Kier molecular flexibility index (Phi) is 6.06. The molecule has 0 radical (unpaired) electrons. The highest BCUT2D eigenvalue weighted by molar-refractivity contribution is 7.14. The van der Waals surface area contributed by atoms with E-state index in [0.717, 1.165) is 25.9 Å². The number of anilines is 1. The molecule has 3 rings (SSSR count). The van der Waals surface area contributed by atoms with Crippen LogP contribution in [0.1, 0.15) is 58.9 Å². The SMILES string of the molecule is CC(C)c1ccc(C(=O)Nc2sccc2C(=O)NC2CCNCC2)cc1. The van der Waals surface area contributed by atoms with Gasteiger partial charge in [-0.3, -0.25) is 9.59 Å². The summed E-state index contributed by atoms with van der Waals surface area (Å²) in [5, 5.41) is 11.7. The summed E-state index contributed by atoms with van der Waals surface area (Å²) in [6.45, 7) is 6.08. The molecule has 1 aromatic carbocycles. The molecule has 0 atom stereocenters. The monoisotopic (exact) mass is 371 g/mol. The van der Waals surface area contributed by atoms with Crippen LogP contribution in [0.15, 0.2) is 35.7 Å². The summed E-state index contributed by atoms with van der Waals surface area (Å²) in [6, 6.07) is 9.55. The Morgan fingerprint density at radius 3 is 2.42 bits per heavy atom. The Bertz CT molecular complexity index is 762. The van der Waals surface area contributed by atoms with Crippen LogP contribution in [-0.4, -0.2) is 30.9 Å². The number of hydrogen-bond donors (Lipinski definition) is 3. The smallest absolute Gasteiger partial charge is 0.256 e. The van der Waals surface area contributed by atoms with Crippen molar-refractivity contribution in [3.05, 3.63) is 52.4 Å². The second-order valence-corrected chi connectivity index (χ2v) is 7.81. The van der Waals surface area contributed by atoms with Gasteiger partial charge in [0.1, 0.15) is 5.00 Å². The van der Waals surface area contributed by atoms with Crippen LogP contribution in [0.25, 0.3) is 0 Å². The Hall–Kier alpha value is -2.18. The highest BCUT2D eigenvalue weighted by Gasteiger charge is 2.20. The van der Waals surface area contributed by atoms with Gasteiger partial charge in [0.05, 0.1) is 5.56 Å². The van der Waals surface area contributed by atoms with Crippen molar-refractivity contribution in [2.45, 2.75) is 38.6 Å². The van der Waals surface area contributed by atoms with Gasteiger partial charge in [-0.1, -0.05) is 26.0 Å². The summed E-state index contributed by atoms with van der Waals surface area (Å²) >= 11 is 1.37. The zero-order valence-corrected chi connectivity index (χ0v) is 16.0. The lowest BCUT2D eigenvalue weighted by Gasteiger charge is -2.23. The van der Waals surface area contributed by atoms with Gasteiger partial charge in [0.15, 0.2) is 0 Å². The maximum atomic E-state index is 12.6. The lowest BCUT2D eigenvalue weighted by Crippen LogP contribution is -2.42. The van der Waals surface area contributed by atoms with E-state index in [9.17, 15) is 9.59 Å². The van der Waals surface area contributed by atoms with E-state index in [0.29, 0.717) is 22.0 Å². The molecule has 1 saturated heterocycles. The van der Waals surface area contributed by atoms with Gasteiger partial charge in [0, 0.05) is 11.6 Å². The molecule has 0 unspecified atom stereocenters. The molecule has 0 spiro atoms. The molecule has 2 amide bonds. The van der Waals surface area contributed by atoms with Crippen molar-refractivity contribution in [1.82, 2.24) is 10.6 Å². The minimum Gasteiger partial charge on any atom is -0.349 e. The Morgan fingerprint density at radius 1 is 1.08 bits per heavy atom. The van der Waals surface area contributed by atoms with Gasteiger partial charge in [-0.25, -0.2) is 0 Å². The maximum Gasteiger partial charge on any atom is 0.256 e. The average molecular weight is 372 g/mol. The zero-order chi connectivity index (χ0) is 18.5. The normalized spacial score (nSPS) is 15.0. The van der Waals surface area contributed by atoms with E-state index in [4.69, 9.17) is 0 Å². The van der Waals surface area contributed by atoms with Gasteiger partial charge in [0.2, 0.25) is 0 Å². The molecule has 1 aromatic heterocycles. The van der Waals surface area contributed by atoms with Crippen LogP contribution in [0.3, 0.4) is 0 Å². The van der Waals surface area contributed by atoms with E-state index in [1.54, 1.807) is 6.07 Å². The minimum atomic E-state index is -0.196. The molecule has 26 heavy (non-hydrogen) atoms. The molecule has 5 nitrogen and oxygen atoms in total. The third kappa shape index (κ3) is 4.51. The molecule has 6 heteroatoms. The number of rotatable bonds is 5. The van der Waals surface area contributed by atoms with Crippen molar-refractivity contribution in [3.63, 3.8) is 0 Å². The first-order valence-corrected chi connectivity index (χ1v) is 9.93. The molecule has 0 bridgehead atoms. The second kappa shape index (κ2) is 8.47. The standard InChI is InChI=1S/C20H25N3O2S/c1-13(2)14-3-5-15(6-4-14)18(24)23-20-17(9-12-26-20)19(25)22-16-7-10-21-11-8-16/h3-6,9,12-13,16,21H,7-8,10-11H2,1-2H3,(H,22,25)(H,23,24). The second-order valence-electron chi connectivity index (χ2n) is 6.89.